The summed E-state index contributed by atoms with van der Waals surface area (Å²) in [5, 5.41) is 0. The van der Waals surface area contributed by atoms with Crippen LogP contribution in [0.25, 0.3) is 0 Å². The maximum atomic E-state index is 5.72. The normalized spacial score (nSPS) is 12.7. The van der Waals surface area contributed by atoms with Crippen molar-refractivity contribution in [1.82, 2.24) is 0 Å². The van der Waals surface area contributed by atoms with E-state index in [1.807, 2.05) is 13.8 Å². The maximum absolute atomic E-state index is 5.72. The summed E-state index contributed by atoms with van der Waals surface area (Å²) in [6.45, 7) is 6.91. The first-order valence-electron chi connectivity index (χ1n) is 6.83. The first kappa shape index (κ1) is 15.3. The second kappa shape index (κ2) is 6.59. The van der Waals surface area contributed by atoms with Gasteiger partial charge in [0, 0.05) is 12.7 Å². The van der Waals surface area contributed by atoms with Crippen LogP contribution in [0, 0.1) is 20.8 Å². The Morgan fingerprint density at radius 3 is 2.25 bits per heavy atom. The Kier molecular flexibility index (Phi) is 5.06. The first-order chi connectivity index (χ1) is 9.54. The van der Waals surface area contributed by atoms with E-state index in [0.29, 0.717) is 0 Å². The third-order valence-electron chi connectivity index (χ3n) is 3.74. The smallest absolute Gasteiger partial charge is 0.106 e. The Labute approximate surface area is 129 Å². The molecule has 2 aromatic rings. The van der Waals surface area contributed by atoms with Gasteiger partial charge in [-0.15, -0.1) is 0 Å². The van der Waals surface area contributed by atoms with Crippen LogP contribution < -0.4 is 0 Å². The molecule has 2 rings (SSSR count). The molecule has 3 heteroatoms. The number of alkyl halides is 1. The molecule has 0 radical (unpaired) electrons. The average molecular weight is 337 g/mol. The summed E-state index contributed by atoms with van der Waals surface area (Å²) in [6.07, 6.45) is 0.951. The van der Waals surface area contributed by atoms with Crippen molar-refractivity contribution in [3.05, 3.63) is 58.0 Å². The van der Waals surface area contributed by atoms with Crippen molar-refractivity contribution < 1.29 is 9.15 Å². The zero-order chi connectivity index (χ0) is 14.7. The minimum Gasteiger partial charge on any atom is -0.466 e. The molecule has 0 saturated carbocycles. The number of hydrogen-bond donors (Lipinski definition) is 0. The fourth-order valence-electron chi connectivity index (χ4n) is 2.42. The molecular weight excluding hydrogens is 316 g/mol. The summed E-state index contributed by atoms with van der Waals surface area (Å²) in [5.74, 6) is 1.99. The van der Waals surface area contributed by atoms with Gasteiger partial charge >= 0.3 is 0 Å². The molecule has 0 bridgehead atoms. The van der Waals surface area contributed by atoms with Gasteiger partial charge in [-0.25, -0.2) is 0 Å². The summed E-state index contributed by atoms with van der Waals surface area (Å²) in [5.41, 5.74) is 5.02. The van der Waals surface area contributed by atoms with Crippen molar-refractivity contribution in [2.45, 2.75) is 32.0 Å². The summed E-state index contributed by atoms with van der Waals surface area (Å²) in [7, 11) is 1.73. The molecule has 1 heterocycles. The van der Waals surface area contributed by atoms with Crippen molar-refractivity contribution in [1.29, 1.82) is 0 Å². The fraction of sp³-hybridized carbons (Fsp3) is 0.412. The summed E-state index contributed by atoms with van der Waals surface area (Å²) < 4.78 is 10.8. The Hall–Kier alpha value is -1.06. The topological polar surface area (TPSA) is 22.4 Å². The van der Waals surface area contributed by atoms with Gasteiger partial charge in [0.25, 0.3) is 0 Å². The van der Waals surface area contributed by atoms with Crippen LogP contribution in [0.15, 0.2) is 28.7 Å². The third-order valence-corrected chi connectivity index (χ3v) is 4.72. The van der Waals surface area contributed by atoms with Crippen LogP contribution in [0.4, 0.5) is 0 Å². The van der Waals surface area contributed by atoms with Crippen LogP contribution in [-0.2, 0) is 11.2 Å². The average Bonchev–Trinajstić information content (AvgIpc) is 2.70. The number of hydrogen-bond acceptors (Lipinski definition) is 2. The zero-order valence-corrected chi connectivity index (χ0v) is 14.1. The number of furan rings is 1. The number of ether oxygens (including phenoxy) is 1. The van der Waals surface area contributed by atoms with Crippen LogP contribution in [0.1, 0.15) is 38.6 Å². The van der Waals surface area contributed by atoms with E-state index in [-0.39, 0.29) is 4.83 Å². The summed E-state index contributed by atoms with van der Waals surface area (Å²) >= 11 is 3.80. The van der Waals surface area contributed by atoms with Crippen LogP contribution >= 0.6 is 15.9 Å². The van der Waals surface area contributed by atoms with Gasteiger partial charge in [-0.3, -0.25) is 0 Å². The molecule has 0 aliphatic carbocycles. The fourth-order valence-corrected chi connectivity index (χ4v) is 3.39. The van der Waals surface area contributed by atoms with Crippen molar-refractivity contribution in [2.75, 3.05) is 13.7 Å². The van der Waals surface area contributed by atoms with E-state index in [0.717, 1.165) is 24.5 Å². The molecule has 0 amide bonds. The van der Waals surface area contributed by atoms with E-state index in [1.54, 1.807) is 7.11 Å². The van der Waals surface area contributed by atoms with Crippen molar-refractivity contribution in [3.8, 4) is 0 Å². The molecule has 1 atom stereocenters. The lowest BCUT2D eigenvalue weighted by Crippen LogP contribution is -1.98. The van der Waals surface area contributed by atoms with E-state index in [9.17, 15) is 0 Å². The van der Waals surface area contributed by atoms with Crippen LogP contribution in [0.2, 0.25) is 0 Å². The quantitative estimate of drug-likeness (QED) is 0.726. The molecule has 2 nitrogen and oxygen atoms in total. The molecule has 0 aliphatic heterocycles. The van der Waals surface area contributed by atoms with Gasteiger partial charge in [-0.2, -0.15) is 0 Å². The monoisotopic (exact) mass is 336 g/mol. The minimum absolute atomic E-state index is 0.177. The van der Waals surface area contributed by atoms with E-state index in [4.69, 9.17) is 9.15 Å². The molecular formula is C17H21BrO2. The second-order valence-electron chi connectivity index (χ2n) is 5.10. The van der Waals surface area contributed by atoms with Gasteiger partial charge in [-0.1, -0.05) is 40.2 Å². The molecule has 0 N–H and O–H groups in total. The van der Waals surface area contributed by atoms with Gasteiger partial charge in [0.05, 0.1) is 11.4 Å². The molecule has 1 aromatic carbocycles. The van der Waals surface area contributed by atoms with Crippen molar-refractivity contribution >= 4 is 15.9 Å². The van der Waals surface area contributed by atoms with Gasteiger partial charge in [0.15, 0.2) is 0 Å². The van der Waals surface area contributed by atoms with Gasteiger partial charge in [0.1, 0.15) is 11.5 Å². The molecule has 1 unspecified atom stereocenters. The minimum atomic E-state index is 0.177. The first-order valence-corrected chi connectivity index (χ1v) is 7.74. The van der Waals surface area contributed by atoms with Gasteiger partial charge in [-0.05, 0) is 43.9 Å². The molecule has 1 aromatic heterocycles. The highest BCUT2D eigenvalue weighted by atomic mass is 79.9. The molecule has 20 heavy (non-hydrogen) atoms. The van der Waals surface area contributed by atoms with Crippen LogP contribution in [-0.4, -0.2) is 13.7 Å². The lowest BCUT2D eigenvalue weighted by atomic mass is 10.00. The third kappa shape index (κ3) is 3.15. The highest BCUT2D eigenvalue weighted by Gasteiger charge is 2.20. The second-order valence-corrected chi connectivity index (χ2v) is 6.02. The lowest BCUT2D eigenvalue weighted by Gasteiger charge is -2.12. The lowest BCUT2D eigenvalue weighted by molar-refractivity contribution is 0.202. The predicted octanol–water partition coefficient (Wildman–Crippen LogP) is 4.88. The van der Waals surface area contributed by atoms with Crippen LogP contribution in [0.3, 0.4) is 0 Å². The largest absolute Gasteiger partial charge is 0.466 e. The van der Waals surface area contributed by atoms with Gasteiger partial charge in [0.2, 0.25) is 0 Å². The maximum Gasteiger partial charge on any atom is 0.106 e. The van der Waals surface area contributed by atoms with E-state index >= 15 is 0 Å². The van der Waals surface area contributed by atoms with E-state index in [1.165, 1.54) is 22.3 Å². The summed E-state index contributed by atoms with van der Waals surface area (Å²) in [4.78, 5) is 0.177. The summed E-state index contributed by atoms with van der Waals surface area (Å²) in [6, 6.07) is 8.68. The predicted molar refractivity (Wildman–Crippen MR) is 85.7 cm³/mol. The highest BCUT2D eigenvalue weighted by molar-refractivity contribution is 9.09. The number of halogens is 1. The number of methoxy groups -OCH3 is 1. The SMILES string of the molecule is COCCc1ccc(C(Br)c2c(C)oc(C)c2C)cc1. The van der Waals surface area contributed by atoms with E-state index < -0.39 is 0 Å². The van der Waals surface area contributed by atoms with Crippen molar-refractivity contribution in [2.24, 2.45) is 0 Å². The Morgan fingerprint density at radius 2 is 1.75 bits per heavy atom. The Morgan fingerprint density at radius 1 is 1.10 bits per heavy atom. The highest BCUT2D eigenvalue weighted by Crippen LogP contribution is 2.37. The zero-order valence-electron chi connectivity index (χ0n) is 12.5. The molecule has 0 saturated heterocycles. The molecule has 108 valence electrons. The number of benzene rings is 1. The molecule has 0 fully saturated rings. The van der Waals surface area contributed by atoms with E-state index in [2.05, 4.69) is 47.1 Å². The Balaban J connectivity index is 2.22. The molecule has 0 spiro atoms. The molecule has 0 aliphatic rings. The number of rotatable bonds is 5. The van der Waals surface area contributed by atoms with Gasteiger partial charge < -0.3 is 9.15 Å². The number of aryl methyl sites for hydroxylation is 2. The van der Waals surface area contributed by atoms with Crippen molar-refractivity contribution in [3.63, 3.8) is 0 Å². The van der Waals surface area contributed by atoms with Crippen LogP contribution in [0.5, 0.6) is 0 Å². The standard InChI is InChI=1S/C17H21BrO2/c1-11-12(2)20-13(3)16(11)17(18)15-7-5-14(6-8-15)9-10-19-4/h5-8,17H,9-10H2,1-4H3. The Bertz CT molecular complexity index is 569.